The average Bonchev–Trinajstić information content (AvgIpc) is 3.40. The minimum absolute atomic E-state index is 0.287. The molecule has 2 fully saturated rings. The topological polar surface area (TPSA) is 77.2 Å². The summed E-state index contributed by atoms with van der Waals surface area (Å²) in [6.45, 7) is 15.2. The molecule has 2 aliphatic rings. The Kier molecular flexibility index (Phi) is 9.28. The summed E-state index contributed by atoms with van der Waals surface area (Å²) in [5.74, 6) is 1.37. The van der Waals surface area contributed by atoms with Gasteiger partial charge in [0.1, 0.15) is 5.60 Å². The number of amides is 1. The van der Waals surface area contributed by atoms with Crippen LogP contribution in [0.2, 0.25) is 0 Å². The molecular formula is C33H48N6O3. The van der Waals surface area contributed by atoms with Crippen molar-refractivity contribution in [2.75, 3.05) is 76.4 Å². The molecular weight excluding hydrogens is 528 g/mol. The number of rotatable bonds is 8. The third-order valence-electron chi connectivity index (χ3n) is 8.31. The number of morpholine rings is 1. The zero-order chi connectivity index (χ0) is 29.9. The van der Waals surface area contributed by atoms with Gasteiger partial charge < -0.3 is 34.1 Å². The van der Waals surface area contributed by atoms with Gasteiger partial charge in [0.05, 0.1) is 24.2 Å². The van der Waals surface area contributed by atoms with Crippen LogP contribution in [-0.2, 0) is 16.0 Å². The van der Waals surface area contributed by atoms with E-state index in [1.54, 1.807) is 11.9 Å². The first-order chi connectivity index (χ1) is 20.1. The Morgan fingerprint density at radius 3 is 2.48 bits per heavy atom. The summed E-state index contributed by atoms with van der Waals surface area (Å²) >= 11 is 0. The van der Waals surface area contributed by atoms with Crippen molar-refractivity contribution in [1.29, 1.82) is 0 Å². The zero-order valence-corrected chi connectivity index (χ0v) is 26.3. The van der Waals surface area contributed by atoms with Crippen molar-refractivity contribution in [2.24, 2.45) is 0 Å². The molecule has 0 saturated carbocycles. The van der Waals surface area contributed by atoms with Crippen molar-refractivity contribution in [3.05, 3.63) is 53.1 Å². The first-order valence-electron chi connectivity index (χ1n) is 15.4. The SMILES string of the molecule is Cc1cccc(N2CCC(c3c(CN(C)CCN(C)C(=O)OC(C)(C)C)ccc4[nH]c(N5CCOCC5)nc34)CC2)c1. The van der Waals surface area contributed by atoms with Gasteiger partial charge >= 0.3 is 6.09 Å². The first-order valence-corrected chi connectivity index (χ1v) is 15.4. The van der Waals surface area contributed by atoms with Gasteiger partial charge in [-0.05, 0) is 88.4 Å². The van der Waals surface area contributed by atoms with Gasteiger partial charge in [0, 0.05) is 58.5 Å². The molecule has 2 saturated heterocycles. The predicted octanol–water partition coefficient (Wildman–Crippen LogP) is 5.39. The third-order valence-corrected chi connectivity index (χ3v) is 8.31. The van der Waals surface area contributed by atoms with Crippen molar-refractivity contribution >= 4 is 28.8 Å². The number of aryl methyl sites for hydroxylation is 1. The summed E-state index contributed by atoms with van der Waals surface area (Å²) in [4.78, 5) is 30.1. The molecule has 3 aromatic rings. The van der Waals surface area contributed by atoms with E-state index >= 15 is 0 Å². The van der Waals surface area contributed by atoms with Crippen molar-refractivity contribution < 1.29 is 14.3 Å². The highest BCUT2D eigenvalue weighted by atomic mass is 16.6. The molecule has 0 spiro atoms. The summed E-state index contributed by atoms with van der Waals surface area (Å²) < 4.78 is 11.1. The Hall–Kier alpha value is -3.30. The van der Waals surface area contributed by atoms with E-state index in [-0.39, 0.29) is 6.09 Å². The molecule has 42 heavy (non-hydrogen) atoms. The molecule has 5 rings (SSSR count). The molecule has 3 heterocycles. The van der Waals surface area contributed by atoms with Gasteiger partial charge in [0.25, 0.3) is 0 Å². The second kappa shape index (κ2) is 12.9. The van der Waals surface area contributed by atoms with E-state index in [9.17, 15) is 4.79 Å². The van der Waals surface area contributed by atoms with Crippen molar-refractivity contribution in [2.45, 2.75) is 58.6 Å². The lowest BCUT2D eigenvalue weighted by atomic mass is 9.85. The number of likely N-dealkylation sites (N-methyl/N-ethyl adjacent to an activating group) is 2. The highest BCUT2D eigenvalue weighted by Gasteiger charge is 2.27. The van der Waals surface area contributed by atoms with E-state index in [1.165, 1.54) is 22.4 Å². The fourth-order valence-electron chi connectivity index (χ4n) is 6.02. The van der Waals surface area contributed by atoms with E-state index in [2.05, 4.69) is 70.1 Å². The molecule has 0 radical (unpaired) electrons. The highest BCUT2D eigenvalue weighted by Crippen LogP contribution is 2.37. The quantitative estimate of drug-likeness (QED) is 0.385. The molecule has 0 unspecified atom stereocenters. The number of benzene rings is 2. The molecule has 228 valence electrons. The number of piperidine rings is 1. The molecule has 1 amide bonds. The lowest BCUT2D eigenvalue weighted by Gasteiger charge is -2.35. The van der Waals surface area contributed by atoms with Gasteiger partial charge in [-0.2, -0.15) is 0 Å². The number of H-pyrrole nitrogens is 1. The number of aromatic amines is 1. The Morgan fingerprint density at radius 1 is 1.05 bits per heavy atom. The number of carbonyl (C=O) groups excluding carboxylic acids is 1. The number of nitrogens with one attached hydrogen (secondary N) is 1. The standard InChI is InChI=1S/C33H48N6O3/c1-24-8-7-9-27(22-24)38-14-12-25(13-15-38)29-26(23-36(5)16-17-37(6)32(40)42-33(2,3)4)10-11-28-30(29)35-31(34-28)39-18-20-41-21-19-39/h7-11,22,25H,12-21,23H2,1-6H3,(H,34,35). The summed E-state index contributed by atoms with van der Waals surface area (Å²) in [5.41, 5.74) is 7.01. The largest absolute Gasteiger partial charge is 0.444 e. The number of hydrogen-bond donors (Lipinski definition) is 1. The number of nitrogens with zero attached hydrogens (tertiary/aromatic N) is 5. The van der Waals surface area contributed by atoms with Crippen LogP contribution in [0.25, 0.3) is 11.0 Å². The van der Waals surface area contributed by atoms with Crippen molar-refractivity contribution in [1.82, 2.24) is 19.8 Å². The lowest BCUT2D eigenvalue weighted by Crippen LogP contribution is -2.38. The Bertz CT molecular complexity index is 1350. The molecule has 0 aliphatic carbocycles. The normalized spacial score (nSPS) is 16.8. The van der Waals surface area contributed by atoms with Crippen LogP contribution < -0.4 is 9.80 Å². The molecule has 2 aliphatic heterocycles. The van der Waals surface area contributed by atoms with Crippen LogP contribution >= 0.6 is 0 Å². The van der Waals surface area contributed by atoms with E-state index in [1.807, 2.05) is 20.8 Å². The van der Waals surface area contributed by atoms with Gasteiger partial charge in [-0.3, -0.25) is 0 Å². The van der Waals surface area contributed by atoms with Crippen LogP contribution in [0, 0.1) is 6.92 Å². The fraction of sp³-hybridized carbons (Fsp3) is 0.576. The van der Waals surface area contributed by atoms with Gasteiger partial charge in [0.2, 0.25) is 5.95 Å². The fourth-order valence-corrected chi connectivity index (χ4v) is 6.02. The number of fused-ring (bicyclic) bond motifs is 1. The molecule has 2 aromatic carbocycles. The van der Waals surface area contributed by atoms with Crippen molar-refractivity contribution in [3.8, 4) is 0 Å². The monoisotopic (exact) mass is 576 g/mol. The third kappa shape index (κ3) is 7.36. The minimum Gasteiger partial charge on any atom is -0.444 e. The predicted molar refractivity (Wildman–Crippen MR) is 170 cm³/mol. The van der Waals surface area contributed by atoms with E-state index < -0.39 is 5.60 Å². The van der Waals surface area contributed by atoms with E-state index in [0.29, 0.717) is 12.5 Å². The van der Waals surface area contributed by atoms with Crippen LogP contribution in [0.3, 0.4) is 0 Å². The number of imidazole rings is 1. The van der Waals surface area contributed by atoms with E-state index in [0.717, 1.165) is 82.3 Å². The molecule has 0 bridgehead atoms. The Morgan fingerprint density at radius 2 is 1.79 bits per heavy atom. The van der Waals surface area contributed by atoms with E-state index in [4.69, 9.17) is 14.5 Å². The number of anilines is 2. The summed E-state index contributed by atoms with van der Waals surface area (Å²) in [6, 6.07) is 13.3. The number of hydrogen-bond acceptors (Lipinski definition) is 7. The van der Waals surface area contributed by atoms with Gasteiger partial charge in [0.15, 0.2) is 0 Å². The molecule has 9 heteroatoms. The van der Waals surface area contributed by atoms with Gasteiger partial charge in [-0.25, -0.2) is 9.78 Å². The number of carbonyl (C=O) groups is 1. The van der Waals surface area contributed by atoms with Crippen LogP contribution in [0.5, 0.6) is 0 Å². The van der Waals surface area contributed by atoms with Crippen molar-refractivity contribution in [3.63, 3.8) is 0 Å². The summed E-state index contributed by atoms with van der Waals surface area (Å²) in [7, 11) is 3.93. The lowest BCUT2D eigenvalue weighted by molar-refractivity contribution is 0.0286. The second-order valence-electron chi connectivity index (χ2n) is 12.9. The molecule has 9 nitrogen and oxygen atoms in total. The summed E-state index contributed by atoms with van der Waals surface area (Å²) in [5, 5.41) is 0. The van der Waals surface area contributed by atoms with Crippen LogP contribution in [0.4, 0.5) is 16.4 Å². The van der Waals surface area contributed by atoms with Crippen LogP contribution in [0.1, 0.15) is 56.2 Å². The highest BCUT2D eigenvalue weighted by molar-refractivity contribution is 5.83. The summed E-state index contributed by atoms with van der Waals surface area (Å²) in [6.07, 6.45) is 1.89. The Balaban J connectivity index is 1.35. The van der Waals surface area contributed by atoms with Crippen LogP contribution in [0.15, 0.2) is 36.4 Å². The Labute approximate surface area is 250 Å². The molecule has 1 aromatic heterocycles. The number of ether oxygens (including phenoxy) is 2. The zero-order valence-electron chi connectivity index (χ0n) is 26.3. The molecule has 0 atom stereocenters. The molecule has 1 N–H and O–H groups in total. The maximum Gasteiger partial charge on any atom is 0.410 e. The number of aromatic nitrogens is 2. The smallest absolute Gasteiger partial charge is 0.410 e. The maximum atomic E-state index is 12.5. The van der Waals surface area contributed by atoms with Gasteiger partial charge in [-0.15, -0.1) is 0 Å². The average molecular weight is 577 g/mol. The second-order valence-corrected chi connectivity index (χ2v) is 12.9. The minimum atomic E-state index is -0.500. The maximum absolute atomic E-state index is 12.5. The van der Waals surface area contributed by atoms with Gasteiger partial charge in [-0.1, -0.05) is 18.2 Å². The first kappa shape index (κ1) is 30.2. The van der Waals surface area contributed by atoms with Crippen LogP contribution in [-0.4, -0.2) is 98.0 Å².